The second-order valence-electron chi connectivity index (χ2n) is 8.94. The number of carbonyl (C=O) groups is 1. The minimum atomic E-state index is 0.0544. The molecule has 0 saturated carbocycles. The molecule has 1 amide bonds. The molecule has 0 unspecified atom stereocenters. The van der Waals surface area contributed by atoms with Crippen molar-refractivity contribution in [3.63, 3.8) is 0 Å². The fourth-order valence-corrected chi connectivity index (χ4v) is 5.13. The number of benzene rings is 2. The van der Waals surface area contributed by atoms with Crippen LogP contribution in [0.25, 0.3) is 0 Å². The highest BCUT2D eigenvalue weighted by molar-refractivity contribution is 6.30. The molecule has 1 N–H and O–H groups in total. The number of carbonyl (C=O) groups excluding carboxylic acids is 1. The molecule has 0 spiro atoms. The van der Waals surface area contributed by atoms with Crippen molar-refractivity contribution in [3.8, 4) is 5.75 Å². The Kier molecular flexibility index (Phi) is 8.62. The molecule has 6 nitrogen and oxygen atoms in total. The Morgan fingerprint density at radius 2 is 1.94 bits per heavy atom. The lowest BCUT2D eigenvalue weighted by atomic mass is 9.86. The summed E-state index contributed by atoms with van der Waals surface area (Å²) in [6.07, 6.45) is 2.50. The van der Waals surface area contributed by atoms with Gasteiger partial charge in [0.2, 0.25) is 5.91 Å². The van der Waals surface area contributed by atoms with E-state index < -0.39 is 0 Å². The van der Waals surface area contributed by atoms with Crippen molar-refractivity contribution in [1.29, 1.82) is 0 Å². The molecule has 0 aliphatic carbocycles. The average Bonchev–Trinajstić information content (AvgIpc) is 2.85. The van der Waals surface area contributed by atoms with Crippen LogP contribution in [0.5, 0.6) is 5.75 Å². The summed E-state index contributed by atoms with van der Waals surface area (Å²) in [6, 6.07) is 16.1. The molecule has 2 atom stereocenters. The molecule has 0 bridgehead atoms. The SMILES string of the molecule is COc1cccc(NC(=O)CC[C@@H]2CN(Cc3ccc(Cl)cc3)CC[C@@H]2N2CCOCC2)c1. The lowest BCUT2D eigenvalue weighted by Crippen LogP contribution is -2.53. The summed E-state index contributed by atoms with van der Waals surface area (Å²) in [7, 11) is 1.63. The summed E-state index contributed by atoms with van der Waals surface area (Å²) in [6.45, 7) is 6.54. The summed E-state index contributed by atoms with van der Waals surface area (Å²) in [5.74, 6) is 1.24. The number of hydrogen-bond donors (Lipinski definition) is 1. The van der Waals surface area contributed by atoms with Gasteiger partial charge in [-0.3, -0.25) is 14.6 Å². The van der Waals surface area contributed by atoms with E-state index in [0.29, 0.717) is 18.4 Å². The molecule has 33 heavy (non-hydrogen) atoms. The lowest BCUT2D eigenvalue weighted by Gasteiger charge is -2.45. The summed E-state index contributed by atoms with van der Waals surface area (Å²) < 4.78 is 10.8. The number of methoxy groups -OCH3 is 1. The number of anilines is 1. The number of piperidine rings is 1. The van der Waals surface area contributed by atoms with Gasteiger partial charge in [-0.1, -0.05) is 29.8 Å². The van der Waals surface area contributed by atoms with E-state index in [9.17, 15) is 4.79 Å². The minimum absolute atomic E-state index is 0.0544. The van der Waals surface area contributed by atoms with E-state index in [-0.39, 0.29) is 5.91 Å². The van der Waals surface area contributed by atoms with Crippen molar-refractivity contribution in [1.82, 2.24) is 9.80 Å². The molecular weight excluding hydrogens is 438 g/mol. The normalized spacial score (nSPS) is 22.1. The van der Waals surface area contributed by atoms with Crippen LogP contribution in [-0.4, -0.2) is 68.3 Å². The summed E-state index contributed by atoms with van der Waals surface area (Å²) in [5.41, 5.74) is 2.05. The average molecular weight is 472 g/mol. The molecule has 0 aromatic heterocycles. The predicted octanol–water partition coefficient (Wildman–Crippen LogP) is 4.29. The lowest BCUT2D eigenvalue weighted by molar-refractivity contribution is -0.116. The van der Waals surface area contributed by atoms with Crippen molar-refractivity contribution < 1.29 is 14.3 Å². The van der Waals surface area contributed by atoms with E-state index in [0.717, 1.165) is 75.2 Å². The van der Waals surface area contributed by atoms with Gasteiger partial charge in [0, 0.05) is 55.4 Å². The smallest absolute Gasteiger partial charge is 0.224 e. The Hall–Kier alpha value is -2.12. The van der Waals surface area contributed by atoms with Crippen LogP contribution in [0, 0.1) is 5.92 Å². The molecule has 0 radical (unpaired) electrons. The zero-order valence-electron chi connectivity index (χ0n) is 19.3. The second kappa shape index (κ2) is 11.8. The molecule has 2 heterocycles. The zero-order valence-corrected chi connectivity index (χ0v) is 20.1. The molecule has 2 fully saturated rings. The van der Waals surface area contributed by atoms with Crippen LogP contribution < -0.4 is 10.1 Å². The number of morpholine rings is 1. The third-order valence-electron chi connectivity index (χ3n) is 6.71. The topological polar surface area (TPSA) is 54.0 Å². The van der Waals surface area contributed by atoms with Crippen LogP contribution in [0.4, 0.5) is 5.69 Å². The van der Waals surface area contributed by atoms with Gasteiger partial charge in [0.15, 0.2) is 0 Å². The maximum atomic E-state index is 12.7. The predicted molar refractivity (Wildman–Crippen MR) is 132 cm³/mol. The van der Waals surface area contributed by atoms with Gasteiger partial charge in [-0.2, -0.15) is 0 Å². The van der Waals surface area contributed by atoms with Crippen molar-refractivity contribution in [2.75, 3.05) is 51.8 Å². The highest BCUT2D eigenvalue weighted by atomic mass is 35.5. The first-order valence-electron chi connectivity index (χ1n) is 11.8. The minimum Gasteiger partial charge on any atom is -0.497 e. The number of hydrogen-bond acceptors (Lipinski definition) is 5. The van der Waals surface area contributed by atoms with Crippen LogP contribution in [0.3, 0.4) is 0 Å². The van der Waals surface area contributed by atoms with Crippen LogP contribution >= 0.6 is 11.6 Å². The fraction of sp³-hybridized carbons (Fsp3) is 0.500. The van der Waals surface area contributed by atoms with Gasteiger partial charge in [0.1, 0.15) is 5.75 Å². The number of ether oxygens (including phenoxy) is 2. The van der Waals surface area contributed by atoms with E-state index in [1.807, 2.05) is 36.4 Å². The highest BCUT2D eigenvalue weighted by Crippen LogP contribution is 2.28. The van der Waals surface area contributed by atoms with Gasteiger partial charge in [0.25, 0.3) is 0 Å². The van der Waals surface area contributed by atoms with Gasteiger partial charge < -0.3 is 14.8 Å². The summed E-state index contributed by atoms with van der Waals surface area (Å²) >= 11 is 6.05. The summed E-state index contributed by atoms with van der Waals surface area (Å²) in [4.78, 5) is 17.8. The van der Waals surface area contributed by atoms with E-state index in [1.165, 1.54) is 5.56 Å². The van der Waals surface area contributed by atoms with Crippen molar-refractivity contribution in [2.24, 2.45) is 5.92 Å². The molecule has 2 aliphatic rings. The molecule has 178 valence electrons. The first kappa shape index (κ1) is 24.0. The van der Waals surface area contributed by atoms with E-state index in [1.54, 1.807) is 7.11 Å². The Morgan fingerprint density at radius 3 is 2.70 bits per heavy atom. The standard InChI is InChI=1S/C26H34ClN3O3/c1-32-24-4-2-3-23(17-24)28-26(31)10-7-21-19-29(18-20-5-8-22(27)9-6-20)12-11-25(21)30-13-15-33-16-14-30/h2-6,8-9,17,21,25H,7,10-16,18-19H2,1H3,(H,28,31)/t21-,25+/m1/s1. The Morgan fingerprint density at radius 1 is 1.15 bits per heavy atom. The van der Waals surface area contributed by atoms with Gasteiger partial charge in [0.05, 0.1) is 20.3 Å². The molecule has 2 saturated heterocycles. The van der Waals surface area contributed by atoms with Crippen LogP contribution in [0.1, 0.15) is 24.8 Å². The second-order valence-corrected chi connectivity index (χ2v) is 9.38. The third-order valence-corrected chi connectivity index (χ3v) is 6.96. The van der Waals surface area contributed by atoms with E-state index in [2.05, 4.69) is 27.2 Å². The first-order chi connectivity index (χ1) is 16.1. The van der Waals surface area contributed by atoms with Gasteiger partial charge in [-0.25, -0.2) is 0 Å². The maximum absolute atomic E-state index is 12.7. The number of nitrogens with one attached hydrogen (secondary N) is 1. The van der Waals surface area contributed by atoms with E-state index in [4.69, 9.17) is 21.1 Å². The number of nitrogens with zero attached hydrogens (tertiary/aromatic N) is 2. The Labute approximate surface area is 201 Å². The highest BCUT2D eigenvalue weighted by Gasteiger charge is 2.34. The Balaban J connectivity index is 1.37. The van der Waals surface area contributed by atoms with E-state index >= 15 is 0 Å². The maximum Gasteiger partial charge on any atom is 0.224 e. The van der Waals surface area contributed by atoms with Crippen molar-refractivity contribution in [3.05, 3.63) is 59.1 Å². The number of rotatable bonds is 8. The largest absolute Gasteiger partial charge is 0.497 e. The first-order valence-corrected chi connectivity index (χ1v) is 12.2. The van der Waals surface area contributed by atoms with Crippen LogP contribution in [0.2, 0.25) is 5.02 Å². The number of halogens is 1. The molecule has 2 aromatic carbocycles. The Bertz CT molecular complexity index is 902. The molecular formula is C26H34ClN3O3. The third kappa shape index (κ3) is 6.93. The monoisotopic (exact) mass is 471 g/mol. The quantitative estimate of drug-likeness (QED) is 0.622. The van der Waals surface area contributed by atoms with Crippen molar-refractivity contribution in [2.45, 2.75) is 31.8 Å². The van der Waals surface area contributed by atoms with Gasteiger partial charge in [-0.05, 0) is 55.1 Å². The van der Waals surface area contributed by atoms with Gasteiger partial charge >= 0.3 is 0 Å². The number of likely N-dealkylation sites (tertiary alicyclic amines) is 1. The molecule has 4 rings (SSSR count). The van der Waals surface area contributed by atoms with Gasteiger partial charge in [-0.15, -0.1) is 0 Å². The van der Waals surface area contributed by atoms with Crippen LogP contribution in [0.15, 0.2) is 48.5 Å². The molecule has 2 aromatic rings. The molecule has 2 aliphatic heterocycles. The fourth-order valence-electron chi connectivity index (χ4n) is 5.00. The summed E-state index contributed by atoms with van der Waals surface area (Å²) in [5, 5.41) is 3.80. The van der Waals surface area contributed by atoms with Crippen molar-refractivity contribution >= 4 is 23.2 Å². The van der Waals surface area contributed by atoms with Crippen LogP contribution in [-0.2, 0) is 16.1 Å². The molecule has 7 heteroatoms. The zero-order chi connectivity index (χ0) is 23.0. The number of amides is 1.